The van der Waals surface area contributed by atoms with Crippen LogP contribution in [0.4, 0.5) is 0 Å². The molecule has 1 atom stereocenters. The van der Waals surface area contributed by atoms with Gasteiger partial charge in [-0.1, -0.05) is 36.9 Å². The average Bonchev–Trinajstić information content (AvgIpc) is 3.21. The third-order valence-electron chi connectivity index (χ3n) is 5.01. The minimum absolute atomic E-state index is 0.0437. The van der Waals surface area contributed by atoms with Crippen molar-refractivity contribution >= 4 is 27.7 Å². The first-order chi connectivity index (χ1) is 14.3. The Balaban J connectivity index is 1.51. The first kappa shape index (κ1) is 22.7. The van der Waals surface area contributed by atoms with Gasteiger partial charge < -0.3 is 9.32 Å². The van der Waals surface area contributed by atoms with Gasteiger partial charge in [-0.15, -0.1) is 10.2 Å². The summed E-state index contributed by atoms with van der Waals surface area (Å²) in [6.07, 6.45) is 0.842. The summed E-state index contributed by atoms with van der Waals surface area (Å²) in [7, 11) is 0.373. The van der Waals surface area contributed by atoms with E-state index in [0.29, 0.717) is 24.2 Å². The molecule has 1 aromatic heterocycles. The molecule has 164 valence electrons. The highest BCUT2D eigenvalue weighted by molar-refractivity contribution is 7.99. The van der Waals surface area contributed by atoms with Gasteiger partial charge in [0.2, 0.25) is 21.8 Å². The Morgan fingerprint density at radius 3 is 2.43 bits per heavy atom. The highest BCUT2D eigenvalue weighted by Crippen LogP contribution is 2.25. The van der Waals surface area contributed by atoms with E-state index in [4.69, 9.17) is 4.42 Å². The lowest BCUT2D eigenvalue weighted by atomic mass is 10.2. The molecule has 30 heavy (non-hydrogen) atoms. The smallest absolute Gasteiger partial charge is 0.277 e. The van der Waals surface area contributed by atoms with E-state index in [1.165, 1.54) is 16.1 Å². The number of hydrogen-bond acceptors (Lipinski definition) is 8. The van der Waals surface area contributed by atoms with Crippen molar-refractivity contribution in [2.45, 2.75) is 29.5 Å². The Kier molecular flexibility index (Phi) is 7.50. The molecule has 3 rings (SSSR count). The zero-order chi connectivity index (χ0) is 21.7. The van der Waals surface area contributed by atoms with Gasteiger partial charge in [-0.05, 0) is 32.6 Å². The average molecular weight is 454 g/mol. The minimum Gasteiger partial charge on any atom is -0.414 e. The Bertz CT molecular complexity index is 941. The van der Waals surface area contributed by atoms with E-state index < -0.39 is 10.0 Å². The molecule has 1 fully saturated rings. The normalized spacial score (nSPS) is 16.7. The first-order valence-corrected chi connectivity index (χ1v) is 12.2. The summed E-state index contributed by atoms with van der Waals surface area (Å²) in [5.74, 6) is 0.639. The van der Waals surface area contributed by atoms with Crippen LogP contribution in [0.25, 0.3) is 0 Å². The highest BCUT2D eigenvalue weighted by atomic mass is 32.2. The second-order valence-corrected chi connectivity index (χ2v) is 10.0. The Hall–Kier alpha value is -1.95. The molecule has 0 bridgehead atoms. The van der Waals surface area contributed by atoms with E-state index in [1.807, 2.05) is 25.9 Å². The van der Waals surface area contributed by atoms with Crippen LogP contribution < -0.4 is 0 Å². The van der Waals surface area contributed by atoms with Crippen molar-refractivity contribution in [1.82, 2.24) is 24.3 Å². The van der Waals surface area contributed by atoms with Crippen molar-refractivity contribution in [1.29, 1.82) is 0 Å². The lowest BCUT2D eigenvalue weighted by Gasteiger charge is -2.33. The summed E-state index contributed by atoms with van der Waals surface area (Å²) in [6, 6.07) is 8.40. The van der Waals surface area contributed by atoms with Crippen LogP contribution >= 0.6 is 11.8 Å². The van der Waals surface area contributed by atoms with Crippen LogP contribution in [0, 0.1) is 0 Å². The van der Waals surface area contributed by atoms with Gasteiger partial charge in [0.15, 0.2) is 0 Å². The number of piperazine rings is 1. The standard InChI is InChI=1S/C19H27N5O4S2/c1-4-16(22(2)3)18-20-21-19(28-18)29-14-17(25)23-10-12-24(13-11-23)30(26,27)15-8-6-5-7-9-15/h5-9,16H,4,10-14H2,1-3H3/t16-/m1/s1. The molecular weight excluding hydrogens is 426 g/mol. The minimum atomic E-state index is -3.53. The van der Waals surface area contributed by atoms with Crippen LogP contribution in [-0.4, -0.2) is 84.7 Å². The van der Waals surface area contributed by atoms with E-state index in [-0.39, 0.29) is 35.7 Å². The fourth-order valence-electron chi connectivity index (χ4n) is 3.31. The molecule has 0 saturated carbocycles. The molecule has 2 heterocycles. The molecule has 1 saturated heterocycles. The quantitative estimate of drug-likeness (QED) is 0.557. The number of nitrogens with zero attached hydrogens (tertiary/aromatic N) is 5. The van der Waals surface area contributed by atoms with Crippen molar-refractivity contribution in [3.8, 4) is 0 Å². The summed E-state index contributed by atoms with van der Waals surface area (Å²) in [6.45, 7) is 3.32. The molecule has 1 aliphatic heterocycles. The second kappa shape index (κ2) is 9.90. The molecule has 1 aromatic carbocycles. The number of benzene rings is 1. The van der Waals surface area contributed by atoms with Gasteiger partial charge in [0.25, 0.3) is 5.22 Å². The fraction of sp³-hybridized carbons (Fsp3) is 0.526. The number of sulfonamides is 1. The van der Waals surface area contributed by atoms with Gasteiger partial charge >= 0.3 is 0 Å². The van der Waals surface area contributed by atoms with Crippen molar-refractivity contribution in [2.75, 3.05) is 46.0 Å². The number of carbonyl (C=O) groups excluding carboxylic acids is 1. The van der Waals surface area contributed by atoms with E-state index >= 15 is 0 Å². The zero-order valence-electron chi connectivity index (χ0n) is 17.4. The molecule has 1 aliphatic rings. The van der Waals surface area contributed by atoms with Gasteiger partial charge in [0, 0.05) is 26.2 Å². The molecule has 2 aromatic rings. The number of amides is 1. The maximum Gasteiger partial charge on any atom is 0.277 e. The summed E-state index contributed by atoms with van der Waals surface area (Å²) < 4.78 is 32.5. The molecule has 1 amide bonds. The molecular formula is C19H27N5O4S2. The summed E-state index contributed by atoms with van der Waals surface area (Å²) in [5.41, 5.74) is 0. The summed E-state index contributed by atoms with van der Waals surface area (Å²) in [5, 5.41) is 8.48. The second-order valence-electron chi connectivity index (χ2n) is 7.18. The van der Waals surface area contributed by atoms with Crippen molar-refractivity contribution in [2.24, 2.45) is 0 Å². The van der Waals surface area contributed by atoms with Crippen LogP contribution in [0.1, 0.15) is 25.3 Å². The van der Waals surface area contributed by atoms with E-state index in [2.05, 4.69) is 10.2 Å². The van der Waals surface area contributed by atoms with Crippen LogP contribution in [-0.2, 0) is 14.8 Å². The van der Waals surface area contributed by atoms with E-state index in [0.717, 1.165) is 6.42 Å². The van der Waals surface area contributed by atoms with E-state index in [1.54, 1.807) is 35.2 Å². The molecule has 0 unspecified atom stereocenters. The van der Waals surface area contributed by atoms with Crippen molar-refractivity contribution in [3.05, 3.63) is 36.2 Å². The van der Waals surface area contributed by atoms with Crippen LogP contribution in [0.15, 0.2) is 44.9 Å². The zero-order valence-corrected chi connectivity index (χ0v) is 19.0. The van der Waals surface area contributed by atoms with E-state index in [9.17, 15) is 13.2 Å². The first-order valence-electron chi connectivity index (χ1n) is 9.78. The number of carbonyl (C=O) groups is 1. The largest absolute Gasteiger partial charge is 0.414 e. The number of thioether (sulfide) groups is 1. The third-order valence-corrected chi connectivity index (χ3v) is 7.72. The highest BCUT2D eigenvalue weighted by Gasteiger charge is 2.30. The lowest BCUT2D eigenvalue weighted by molar-refractivity contribution is -0.129. The van der Waals surface area contributed by atoms with Gasteiger partial charge in [-0.2, -0.15) is 4.31 Å². The van der Waals surface area contributed by atoms with Gasteiger partial charge in [0.1, 0.15) is 0 Å². The topological polar surface area (TPSA) is 99.8 Å². The summed E-state index contributed by atoms with van der Waals surface area (Å²) >= 11 is 1.20. The lowest BCUT2D eigenvalue weighted by Crippen LogP contribution is -2.50. The van der Waals surface area contributed by atoms with Gasteiger partial charge in [-0.25, -0.2) is 8.42 Å². The van der Waals surface area contributed by atoms with Crippen LogP contribution in [0.3, 0.4) is 0 Å². The maximum absolute atomic E-state index is 12.7. The Morgan fingerprint density at radius 2 is 1.83 bits per heavy atom. The molecule has 11 heteroatoms. The molecule has 0 aliphatic carbocycles. The van der Waals surface area contributed by atoms with Crippen LogP contribution in [0.5, 0.6) is 0 Å². The Morgan fingerprint density at radius 1 is 1.17 bits per heavy atom. The SMILES string of the molecule is CC[C@H](c1nnc(SCC(=O)N2CCN(S(=O)(=O)c3ccccc3)CC2)o1)N(C)C. The van der Waals surface area contributed by atoms with Crippen molar-refractivity contribution < 1.29 is 17.6 Å². The Labute approximate surface area is 181 Å². The summed E-state index contributed by atoms with van der Waals surface area (Å²) in [4.78, 5) is 16.5. The third kappa shape index (κ3) is 5.20. The van der Waals surface area contributed by atoms with Gasteiger partial charge in [0.05, 0.1) is 16.7 Å². The molecule has 0 radical (unpaired) electrons. The predicted molar refractivity (Wildman–Crippen MR) is 114 cm³/mol. The molecule has 0 spiro atoms. The van der Waals surface area contributed by atoms with Gasteiger partial charge in [-0.3, -0.25) is 9.69 Å². The molecule has 9 nitrogen and oxygen atoms in total. The number of rotatable bonds is 8. The monoisotopic (exact) mass is 453 g/mol. The number of hydrogen-bond donors (Lipinski definition) is 0. The number of aromatic nitrogens is 2. The van der Waals surface area contributed by atoms with Crippen molar-refractivity contribution in [3.63, 3.8) is 0 Å². The fourth-order valence-corrected chi connectivity index (χ4v) is 5.42. The molecule has 0 N–H and O–H groups in total. The predicted octanol–water partition coefficient (Wildman–Crippen LogP) is 1.71. The van der Waals surface area contributed by atoms with Crippen LogP contribution in [0.2, 0.25) is 0 Å². The maximum atomic E-state index is 12.7.